The van der Waals surface area contributed by atoms with Crippen LogP contribution in [0.15, 0.2) is 53.7 Å². The van der Waals surface area contributed by atoms with Crippen LogP contribution in [-0.4, -0.2) is 26.3 Å². The van der Waals surface area contributed by atoms with Gasteiger partial charge in [-0.1, -0.05) is 35.0 Å². The van der Waals surface area contributed by atoms with Gasteiger partial charge < -0.3 is 0 Å². The Bertz CT molecular complexity index is 861. The van der Waals surface area contributed by atoms with Crippen LogP contribution < -0.4 is 0 Å². The highest BCUT2D eigenvalue weighted by molar-refractivity contribution is 7.99. The number of hydrogen-bond acceptors (Lipinski definition) is 4. The highest BCUT2D eigenvalue weighted by Gasteiger charge is 2.16. The number of carbonyl (C=O) groups is 1. The number of carbonyl (C=O) groups excluding carboxylic acids is 1. The van der Waals surface area contributed by atoms with Crippen LogP contribution in [0.1, 0.15) is 6.92 Å². The van der Waals surface area contributed by atoms with Crippen molar-refractivity contribution in [3.63, 3.8) is 0 Å². The van der Waals surface area contributed by atoms with Crippen LogP contribution in [0.3, 0.4) is 0 Å². The van der Waals surface area contributed by atoms with Crippen LogP contribution in [0.4, 0.5) is 0 Å². The van der Waals surface area contributed by atoms with Crippen molar-refractivity contribution in [3.8, 4) is 17.1 Å². The van der Waals surface area contributed by atoms with Gasteiger partial charge >= 0.3 is 0 Å². The zero-order valence-electron chi connectivity index (χ0n) is 12.7. The van der Waals surface area contributed by atoms with E-state index in [1.165, 1.54) is 11.8 Å². The Morgan fingerprint density at radius 1 is 1.00 bits per heavy atom. The monoisotopic (exact) mass is 377 g/mol. The standard InChI is InChI=1S/C17H13Cl2N3OS/c1-11(23)10-24-17-21-20-16(12-2-4-13(18)5-3-12)22(17)15-8-6-14(19)7-9-15/h2-9H,10H2,1H3. The van der Waals surface area contributed by atoms with Crippen molar-refractivity contribution >= 4 is 40.7 Å². The maximum Gasteiger partial charge on any atom is 0.196 e. The second-order valence-electron chi connectivity index (χ2n) is 5.12. The minimum absolute atomic E-state index is 0.0821. The minimum atomic E-state index is 0.0821. The third-order valence-corrected chi connectivity index (χ3v) is 4.80. The van der Waals surface area contributed by atoms with E-state index in [0.29, 0.717) is 26.8 Å². The largest absolute Gasteiger partial charge is 0.299 e. The Morgan fingerprint density at radius 2 is 1.58 bits per heavy atom. The van der Waals surface area contributed by atoms with Gasteiger partial charge in [0.25, 0.3) is 0 Å². The first-order valence-electron chi connectivity index (χ1n) is 7.14. The second kappa shape index (κ2) is 7.38. The number of ketones is 1. The predicted octanol–water partition coefficient (Wildman–Crippen LogP) is 4.92. The van der Waals surface area contributed by atoms with E-state index in [1.54, 1.807) is 19.1 Å². The maximum atomic E-state index is 11.3. The molecule has 1 heterocycles. The van der Waals surface area contributed by atoms with Gasteiger partial charge in [0.15, 0.2) is 11.0 Å². The molecule has 3 rings (SSSR count). The molecule has 0 spiro atoms. The van der Waals surface area contributed by atoms with E-state index in [2.05, 4.69) is 10.2 Å². The molecule has 0 N–H and O–H groups in total. The van der Waals surface area contributed by atoms with Gasteiger partial charge in [-0.3, -0.25) is 9.36 Å². The SMILES string of the molecule is CC(=O)CSc1nnc(-c2ccc(Cl)cc2)n1-c1ccc(Cl)cc1. The van der Waals surface area contributed by atoms with Crippen molar-refractivity contribution < 1.29 is 4.79 Å². The van der Waals surface area contributed by atoms with Gasteiger partial charge in [-0.05, 0) is 55.5 Å². The number of halogens is 2. The van der Waals surface area contributed by atoms with Crippen LogP contribution in [0.25, 0.3) is 17.1 Å². The Balaban J connectivity index is 2.09. The number of benzene rings is 2. The van der Waals surface area contributed by atoms with Gasteiger partial charge in [0, 0.05) is 21.3 Å². The Morgan fingerprint density at radius 3 is 2.17 bits per heavy atom. The smallest absolute Gasteiger partial charge is 0.196 e. The maximum absolute atomic E-state index is 11.3. The molecule has 0 saturated carbocycles. The number of Topliss-reactive ketones (excluding diaryl/α,β-unsaturated/α-hetero) is 1. The summed E-state index contributed by atoms with van der Waals surface area (Å²) in [4.78, 5) is 11.3. The summed E-state index contributed by atoms with van der Waals surface area (Å²) >= 11 is 13.3. The van der Waals surface area contributed by atoms with Crippen molar-refractivity contribution in [1.29, 1.82) is 0 Å². The molecule has 0 unspecified atom stereocenters. The lowest BCUT2D eigenvalue weighted by Gasteiger charge is -2.10. The molecule has 0 aliphatic heterocycles. The molecule has 0 bridgehead atoms. The predicted molar refractivity (Wildman–Crippen MR) is 98.2 cm³/mol. The lowest BCUT2D eigenvalue weighted by atomic mass is 10.2. The molecule has 1 aromatic heterocycles. The van der Waals surface area contributed by atoms with E-state index in [0.717, 1.165) is 11.3 Å². The summed E-state index contributed by atoms with van der Waals surface area (Å²) in [5.74, 6) is 1.10. The van der Waals surface area contributed by atoms with Crippen LogP contribution >= 0.6 is 35.0 Å². The number of thioether (sulfide) groups is 1. The molecule has 0 saturated heterocycles. The fraction of sp³-hybridized carbons (Fsp3) is 0.118. The van der Waals surface area contributed by atoms with Crippen LogP contribution in [0.2, 0.25) is 10.0 Å². The molecule has 0 aliphatic rings. The third kappa shape index (κ3) is 3.80. The van der Waals surface area contributed by atoms with Crippen molar-refractivity contribution in [2.24, 2.45) is 0 Å². The summed E-state index contributed by atoms with van der Waals surface area (Å²) in [6.07, 6.45) is 0. The molecule has 0 atom stereocenters. The summed E-state index contributed by atoms with van der Waals surface area (Å²) in [6, 6.07) is 14.8. The first-order valence-corrected chi connectivity index (χ1v) is 8.88. The molecule has 7 heteroatoms. The minimum Gasteiger partial charge on any atom is -0.299 e. The van der Waals surface area contributed by atoms with Gasteiger partial charge in [-0.2, -0.15) is 0 Å². The van der Waals surface area contributed by atoms with E-state index in [4.69, 9.17) is 23.2 Å². The van der Waals surface area contributed by atoms with Gasteiger partial charge in [-0.25, -0.2) is 0 Å². The van der Waals surface area contributed by atoms with Gasteiger partial charge in [0.05, 0.1) is 5.75 Å². The molecule has 0 amide bonds. The summed E-state index contributed by atoms with van der Waals surface area (Å²) in [7, 11) is 0. The highest BCUT2D eigenvalue weighted by Crippen LogP contribution is 2.29. The van der Waals surface area contributed by atoms with Crippen molar-refractivity contribution in [1.82, 2.24) is 14.8 Å². The number of aromatic nitrogens is 3. The van der Waals surface area contributed by atoms with E-state index >= 15 is 0 Å². The van der Waals surface area contributed by atoms with Gasteiger partial charge in [0.2, 0.25) is 0 Å². The Hall–Kier alpha value is -1.82. The lowest BCUT2D eigenvalue weighted by Crippen LogP contribution is -2.01. The zero-order chi connectivity index (χ0) is 17.1. The van der Waals surface area contributed by atoms with E-state index in [1.807, 2.05) is 41.0 Å². The number of nitrogens with zero attached hydrogens (tertiary/aromatic N) is 3. The van der Waals surface area contributed by atoms with Crippen molar-refractivity contribution in [3.05, 3.63) is 58.6 Å². The molecule has 0 fully saturated rings. The van der Waals surface area contributed by atoms with E-state index < -0.39 is 0 Å². The van der Waals surface area contributed by atoms with E-state index in [-0.39, 0.29) is 5.78 Å². The van der Waals surface area contributed by atoms with Gasteiger partial charge in [0.1, 0.15) is 5.78 Å². The summed E-state index contributed by atoms with van der Waals surface area (Å²) in [6.45, 7) is 1.55. The quantitative estimate of drug-likeness (QED) is 0.591. The normalized spacial score (nSPS) is 10.8. The molecule has 122 valence electrons. The molecular weight excluding hydrogens is 365 g/mol. The molecule has 0 radical (unpaired) electrons. The fourth-order valence-electron chi connectivity index (χ4n) is 2.14. The zero-order valence-corrected chi connectivity index (χ0v) is 15.1. The topological polar surface area (TPSA) is 47.8 Å². The molecular formula is C17H13Cl2N3OS. The molecule has 4 nitrogen and oxygen atoms in total. The summed E-state index contributed by atoms with van der Waals surface area (Å²) in [5, 5.41) is 10.5. The summed E-state index contributed by atoms with van der Waals surface area (Å²) < 4.78 is 1.91. The van der Waals surface area contributed by atoms with Crippen molar-refractivity contribution in [2.45, 2.75) is 12.1 Å². The number of hydrogen-bond donors (Lipinski definition) is 0. The first-order chi connectivity index (χ1) is 11.5. The average Bonchev–Trinajstić information content (AvgIpc) is 2.98. The Kier molecular flexibility index (Phi) is 5.23. The van der Waals surface area contributed by atoms with E-state index in [9.17, 15) is 4.79 Å². The number of rotatable bonds is 5. The third-order valence-electron chi connectivity index (χ3n) is 3.23. The molecule has 2 aromatic carbocycles. The van der Waals surface area contributed by atoms with Crippen molar-refractivity contribution in [2.75, 3.05) is 5.75 Å². The summed E-state index contributed by atoms with van der Waals surface area (Å²) in [5.41, 5.74) is 1.76. The molecule has 0 aliphatic carbocycles. The van der Waals surface area contributed by atoms with Gasteiger partial charge in [-0.15, -0.1) is 10.2 Å². The fourth-order valence-corrected chi connectivity index (χ4v) is 3.14. The Labute approximate surface area is 153 Å². The highest BCUT2D eigenvalue weighted by atomic mass is 35.5. The lowest BCUT2D eigenvalue weighted by molar-refractivity contribution is -0.114. The van der Waals surface area contributed by atoms with Crippen LogP contribution in [0, 0.1) is 0 Å². The average molecular weight is 378 g/mol. The van der Waals surface area contributed by atoms with Crippen LogP contribution in [0.5, 0.6) is 0 Å². The first kappa shape index (κ1) is 17.0. The molecule has 24 heavy (non-hydrogen) atoms. The second-order valence-corrected chi connectivity index (χ2v) is 6.93. The van der Waals surface area contributed by atoms with Crippen LogP contribution in [-0.2, 0) is 4.79 Å². The molecule has 3 aromatic rings.